The summed E-state index contributed by atoms with van der Waals surface area (Å²) in [7, 11) is 1.95. The van der Waals surface area contributed by atoms with Gasteiger partial charge >= 0.3 is 0 Å². The van der Waals surface area contributed by atoms with Crippen molar-refractivity contribution in [3.63, 3.8) is 0 Å². The molecule has 1 rings (SSSR count). The standard InChI is InChI=1S/C21H34FN3/c1-15(9-8-11-21(5,6)22)13-16(2)17(3)25-14-19-18(4)24-12-10-20(19)23-7/h9-10,12-14,17,20,23,25H,8,11H2,1-7H3/b15-9+,16-13+,19-14-. The summed E-state index contributed by atoms with van der Waals surface area (Å²) in [5.74, 6) is 0. The molecule has 140 valence electrons. The maximum Gasteiger partial charge on any atom is 0.105 e. The maximum atomic E-state index is 13.5. The van der Waals surface area contributed by atoms with Gasteiger partial charge in [0.1, 0.15) is 5.67 Å². The first-order chi connectivity index (χ1) is 11.6. The third-order valence-corrected chi connectivity index (χ3v) is 4.44. The van der Waals surface area contributed by atoms with Crippen molar-refractivity contribution in [2.75, 3.05) is 7.05 Å². The van der Waals surface area contributed by atoms with E-state index in [1.54, 1.807) is 13.8 Å². The average molecular weight is 348 g/mol. The summed E-state index contributed by atoms with van der Waals surface area (Å²) in [6.07, 6.45) is 11.5. The van der Waals surface area contributed by atoms with Gasteiger partial charge in [0, 0.05) is 29.7 Å². The van der Waals surface area contributed by atoms with Gasteiger partial charge in [-0.15, -0.1) is 0 Å². The number of rotatable bonds is 8. The van der Waals surface area contributed by atoms with E-state index in [1.807, 2.05) is 26.2 Å². The summed E-state index contributed by atoms with van der Waals surface area (Å²) >= 11 is 0. The minimum absolute atomic E-state index is 0.187. The molecule has 0 aromatic heterocycles. The largest absolute Gasteiger partial charge is 0.384 e. The molecule has 0 aromatic rings. The van der Waals surface area contributed by atoms with Gasteiger partial charge in [-0.25, -0.2) is 4.39 Å². The quantitative estimate of drug-likeness (QED) is 0.616. The molecule has 4 heteroatoms. The van der Waals surface area contributed by atoms with E-state index in [-0.39, 0.29) is 12.1 Å². The molecule has 1 aliphatic heterocycles. The first-order valence-corrected chi connectivity index (χ1v) is 9.02. The van der Waals surface area contributed by atoms with Crippen LogP contribution in [-0.4, -0.2) is 30.5 Å². The van der Waals surface area contributed by atoms with Crippen molar-refractivity contribution < 1.29 is 4.39 Å². The predicted octanol–water partition coefficient (Wildman–Crippen LogP) is 4.85. The summed E-state index contributed by atoms with van der Waals surface area (Å²) in [6, 6.07) is 0.400. The van der Waals surface area contributed by atoms with Crippen molar-refractivity contribution >= 4 is 5.71 Å². The van der Waals surface area contributed by atoms with Crippen molar-refractivity contribution in [2.45, 2.75) is 72.1 Å². The van der Waals surface area contributed by atoms with Crippen LogP contribution in [0.1, 0.15) is 54.4 Å². The van der Waals surface area contributed by atoms with Gasteiger partial charge in [0.05, 0.1) is 6.04 Å². The highest BCUT2D eigenvalue weighted by atomic mass is 19.1. The fraction of sp³-hybridized carbons (Fsp3) is 0.571. The lowest BCUT2D eigenvalue weighted by molar-refractivity contribution is 0.203. The van der Waals surface area contributed by atoms with Crippen molar-refractivity contribution in [1.29, 1.82) is 0 Å². The average Bonchev–Trinajstić information content (AvgIpc) is 2.51. The fourth-order valence-corrected chi connectivity index (χ4v) is 2.62. The normalized spacial score (nSPS) is 22.2. The molecule has 0 radical (unpaired) electrons. The van der Waals surface area contributed by atoms with E-state index in [4.69, 9.17) is 0 Å². The van der Waals surface area contributed by atoms with Crippen molar-refractivity contribution in [3.05, 3.63) is 47.3 Å². The van der Waals surface area contributed by atoms with E-state index in [2.05, 4.69) is 54.7 Å². The second-order valence-corrected chi connectivity index (χ2v) is 7.40. The third-order valence-electron chi connectivity index (χ3n) is 4.44. The van der Waals surface area contributed by atoms with Gasteiger partial charge in [-0.1, -0.05) is 23.3 Å². The number of likely N-dealkylation sites (N-methyl/N-ethyl adjacent to an activating group) is 1. The van der Waals surface area contributed by atoms with Crippen molar-refractivity contribution in [1.82, 2.24) is 10.6 Å². The van der Waals surface area contributed by atoms with Crippen LogP contribution in [0, 0.1) is 0 Å². The van der Waals surface area contributed by atoms with Crippen molar-refractivity contribution in [3.8, 4) is 0 Å². The number of hydrogen-bond donors (Lipinski definition) is 2. The smallest absolute Gasteiger partial charge is 0.105 e. The molecule has 0 bridgehead atoms. The number of nitrogens with one attached hydrogen (secondary N) is 2. The summed E-state index contributed by atoms with van der Waals surface area (Å²) in [5, 5.41) is 6.73. The lowest BCUT2D eigenvalue weighted by Crippen LogP contribution is -2.32. The fourth-order valence-electron chi connectivity index (χ4n) is 2.62. The highest BCUT2D eigenvalue weighted by Gasteiger charge is 2.15. The zero-order valence-corrected chi connectivity index (χ0v) is 16.8. The Balaban J connectivity index is 2.68. The molecular weight excluding hydrogens is 313 g/mol. The molecule has 0 aliphatic carbocycles. The molecule has 0 amide bonds. The molecular formula is C21H34FN3. The van der Waals surface area contributed by atoms with Gasteiger partial charge in [-0.3, -0.25) is 4.99 Å². The molecule has 2 atom stereocenters. The molecule has 1 aliphatic rings. The Kier molecular flexibility index (Phi) is 8.30. The van der Waals surface area contributed by atoms with E-state index in [1.165, 1.54) is 11.1 Å². The molecule has 0 saturated heterocycles. The topological polar surface area (TPSA) is 36.4 Å². The highest BCUT2D eigenvalue weighted by molar-refractivity contribution is 6.00. The van der Waals surface area contributed by atoms with Gasteiger partial charge in [-0.2, -0.15) is 0 Å². The number of nitrogens with zero attached hydrogens (tertiary/aromatic N) is 1. The van der Waals surface area contributed by atoms with Crippen LogP contribution in [0.25, 0.3) is 0 Å². The Morgan fingerprint density at radius 2 is 2.08 bits per heavy atom. The Bertz CT molecular complexity index is 589. The Labute approximate surface area is 152 Å². The Morgan fingerprint density at radius 3 is 2.68 bits per heavy atom. The molecule has 1 heterocycles. The van der Waals surface area contributed by atoms with Crippen molar-refractivity contribution in [2.24, 2.45) is 4.99 Å². The van der Waals surface area contributed by atoms with E-state index < -0.39 is 5.67 Å². The molecule has 25 heavy (non-hydrogen) atoms. The Hall–Kier alpha value is -1.68. The molecule has 2 unspecified atom stereocenters. The van der Waals surface area contributed by atoms with Crippen LogP contribution in [0.2, 0.25) is 0 Å². The van der Waals surface area contributed by atoms with Crippen LogP contribution >= 0.6 is 0 Å². The minimum atomic E-state index is -1.10. The number of allylic oxidation sites excluding steroid dienone is 3. The van der Waals surface area contributed by atoms with E-state index in [0.29, 0.717) is 6.42 Å². The lowest BCUT2D eigenvalue weighted by atomic mass is 10.0. The number of aliphatic imine (C=N–C) groups is 1. The SMILES string of the molecule is CNC1C=CN=C(C)/C1=C/NC(C)/C(C)=C/C(C)=C/CCC(C)(C)F. The van der Waals surface area contributed by atoms with Gasteiger partial charge in [0.2, 0.25) is 0 Å². The van der Waals surface area contributed by atoms with E-state index in [0.717, 1.165) is 17.7 Å². The third kappa shape index (κ3) is 7.82. The number of halogens is 1. The Morgan fingerprint density at radius 1 is 1.40 bits per heavy atom. The highest BCUT2D eigenvalue weighted by Crippen LogP contribution is 2.18. The second kappa shape index (κ2) is 9.71. The van der Waals surface area contributed by atoms with E-state index >= 15 is 0 Å². The second-order valence-electron chi connectivity index (χ2n) is 7.40. The lowest BCUT2D eigenvalue weighted by Gasteiger charge is -2.21. The van der Waals surface area contributed by atoms with Crippen LogP contribution in [0.3, 0.4) is 0 Å². The van der Waals surface area contributed by atoms with Crippen LogP contribution in [-0.2, 0) is 0 Å². The summed E-state index contributed by atoms with van der Waals surface area (Å²) in [6.45, 7) is 11.6. The monoisotopic (exact) mass is 347 g/mol. The van der Waals surface area contributed by atoms with Gasteiger partial charge in [-0.05, 0) is 67.5 Å². The first-order valence-electron chi connectivity index (χ1n) is 9.02. The van der Waals surface area contributed by atoms with Gasteiger partial charge in [0.25, 0.3) is 0 Å². The summed E-state index contributed by atoms with van der Waals surface area (Å²) in [5.41, 5.74) is 3.49. The first kappa shape index (κ1) is 21.4. The summed E-state index contributed by atoms with van der Waals surface area (Å²) < 4.78 is 13.5. The zero-order chi connectivity index (χ0) is 19.0. The predicted molar refractivity (Wildman–Crippen MR) is 108 cm³/mol. The number of hydrogen-bond acceptors (Lipinski definition) is 3. The molecule has 3 nitrogen and oxygen atoms in total. The van der Waals surface area contributed by atoms with Crippen LogP contribution < -0.4 is 10.6 Å². The zero-order valence-electron chi connectivity index (χ0n) is 16.8. The molecule has 0 saturated carbocycles. The van der Waals surface area contributed by atoms with Gasteiger partial charge < -0.3 is 10.6 Å². The van der Waals surface area contributed by atoms with Crippen LogP contribution in [0.5, 0.6) is 0 Å². The summed E-state index contributed by atoms with van der Waals surface area (Å²) in [4.78, 5) is 4.37. The van der Waals surface area contributed by atoms with Crippen LogP contribution in [0.4, 0.5) is 4.39 Å². The molecule has 0 fully saturated rings. The molecule has 0 spiro atoms. The molecule has 0 aromatic carbocycles. The minimum Gasteiger partial charge on any atom is -0.384 e. The molecule has 2 N–H and O–H groups in total. The maximum absolute atomic E-state index is 13.5. The van der Waals surface area contributed by atoms with Gasteiger partial charge in [0.15, 0.2) is 0 Å². The van der Waals surface area contributed by atoms with Crippen LogP contribution in [0.15, 0.2) is 52.3 Å². The number of alkyl halides is 1. The van der Waals surface area contributed by atoms with E-state index in [9.17, 15) is 4.39 Å².